The van der Waals surface area contributed by atoms with Crippen molar-refractivity contribution in [3.63, 3.8) is 0 Å². The summed E-state index contributed by atoms with van der Waals surface area (Å²) in [5.74, 6) is -1.31. The van der Waals surface area contributed by atoms with Crippen molar-refractivity contribution >= 4 is 34.3 Å². The number of nitrogens with zero attached hydrogens (tertiary/aromatic N) is 1. The number of esters is 1. The van der Waals surface area contributed by atoms with E-state index in [1.54, 1.807) is 47.4 Å². The lowest BCUT2D eigenvalue weighted by Crippen LogP contribution is -2.30. The summed E-state index contributed by atoms with van der Waals surface area (Å²) in [5, 5.41) is 2.61. The van der Waals surface area contributed by atoms with Gasteiger partial charge in [0.15, 0.2) is 6.61 Å². The zero-order valence-electron chi connectivity index (χ0n) is 16.6. The highest BCUT2D eigenvalue weighted by Crippen LogP contribution is 2.14. The summed E-state index contributed by atoms with van der Waals surface area (Å²) >= 11 is 0. The number of carbonyl (C=O) groups is 3. The van der Waals surface area contributed by atoms with Crippen LogP contribution in [0.5, 0.6) is 0 Å². The Morgan fingerprint density at radius 2 is 1.62 bits per heavy atom. The maximum Gasteiger partial charge on any atom is 0.339 e. The molecule has 0 aromatic heterocycles. The van der Waals surface area contributed by atoms with Crippen molar-refractivity contribution in [2.45, 2.75) is 18.7 Å². The van der Waals surface area contributed by atoms with Crippen LogP contribution >= 0.6 is 0 Å². The van der Waals surface area contributed by atoms with Gasteiger partial charge < -0.3 is 15.0 Å². The minimum atomic E-state index is -1.35. The summed E-state index contributed by atoms with van der Waals surface area (Å²) in [6, 6.07) is 12.9. The maximum atomic E-state index is 12.3. The summed E-state index contributed by atoms with van der Waals surface area (Å²) in [5.41, 5.74) is 1.18. The zero-order chi connectivity index (χ0) is 21.4. The molecule has 0 heterocycles. The molecule has 154 valence electrons. The lowest BCUT2D eigenvalue weighted by Gasteiger charge is -2.18. The van der Waals surface area contributed by atoms with E-state index in [1.807, 2.05) is 13.8 Å². The van der Waals surface area contributed by atoms with Crippen LogP contribution in [-0.4, -0.2) is 52.8 Å². The largest absolute Gasteiger partial charge is 0.452 e. The molecule has 2 aromatic carbocycles. The first-order valence-corrected chi connectivity index (χ1v) is 10.7. The zero-order valence-corrected chi connectivity index (χ0v) is 17.5. The molecule has 0 aliphatic heterocycles. The van der Waals surface area contributed by atoms with Gasteiger partial charge in [0.05, 0.1) is 21.3 Å². The Kier molecular flexibility index (Phi) is 8.09. The van der Waals surface area contributed by atoms with E-state index in [0.717, 1.165) is 0 Å². The van der Waals surface area contributed by atoms with Gasteiger partial charge in [-0.2, -0.15) is 0 Å². The summed E-state index contributed by atoms with van der Waals surface area (Å²) in [6.45, 7) is 4.58. The Hall–Kier alpha value is -3.00. The van der Waals surface area contributed by atoms with Gasteiger partial charge in [-0.05, 0) is 50.2 Å². The third-order valence-electron chi connectivity index (χ3n) is 4.22. The number of anilines is 1. The second-order valence-electron chi connectivity index (χ2n) is 6.13. The van der Waals surface area contributed by atoms with Gasteiger partial charge in [0.1, 0.15) is 0 Å². The second-order valence-corrected chi connectivity index (χ2v) is 7.48. The molecular weight excluding hydrogens is 392 g/mol. The molecule has 2 amide bonds. The number of hydrogen-bond acceptors (Lipinski definition) is 5. The Labute approximate surface area is 172 Å². The fourth-order valence-corrected chi connectivity index (χ4v) is 3.41. The van der Waals surface area contributed by atoms with Gasteiger partial charge in [0.2, 0.25) is 0 Å². The van der Waals surface area contributed by atoms with E-state index in [4.69, 9.17) is 4.74 Å². The maximum absolute atomic E-state index is 12.3. The van der Waals surface area contributed by atoms with Crippen LogP contribution in [0.3, 0.4) is 0 Å². The highest BCUT2D eigenvalue weighted by Gasteiger charge is 2.16. The Bertz CT molecular complexity index is 908. The molecule has 0 fully saturated rings. The molecule has 29 heavy (non-hydrogen) atoms. The van der Waals surface area contributed by atoms with Crippen LogP contribution < -0.4 is 5.32 Å². The van der Waals surface area contributed by atoms with Crippen molar-refractivity contribution in [3.8, 4) is 0 Å². The van der Waals surface area contributed by atoms with E-state index < -0.39 is 29.3 Å². The molecule has 0 aliphatic rings. The first-order valence-electron chi connectivity index (χ1n) is 9.16. The van der Waals surface area contributed by atoms with Gasteiger partial charge in [-0.3, -0.25) is 13.8 Å². The van der Waals surface area contributed by atoms with E-state index in [-0.39, 0.29) is 11.5 Å². The summed E-state index contributed by atoms with van der Waals surface area (Å²) in [6.07, 6.45) is 1.47. The number of benzene rings is 2. The van der Waals surface area contributed by atoms with E-state index in [0.29, 0.717) is 29.2 Å². The van der Waals surface area contributed by atoms with Crippen LogP contribution in [0, 0.1) is 0 Å². The van der Waals surface area contributed by atoms with E-state index >= 15 is 0 Å². The highest BCUT2D eigenvalue weighted by atomic mass is 32.2. The molecule has 0 saturated carbocycles. The van der Waals surface area contributed by atoms with E-state index in [1.165, 1.54) is 12.3 Å². The summed E-state index contributed by atoms with van der Waals surface area (Å²) < 4.78 is 16.7. The topological polar surface area (TPSA) is 92.8 Å². The standard InChI is InChI=1S/C21H24N2O5S/c1-4-23(5-2)20(25)15-10-12-16(13-11-15)22-19(24)14-28-21(26)17-8-6-7-9-18(17)29(3)27/h6-13H,4-5,14H2,1-3H3,(H,22,24)/t29-/m0/s1. The third-order valence-corrected chi connectivity index (χ3v) is 5.19. The molecule has 0 radical (unpaired) electrons. The molecule has 0 bridgehead atoms. The van der Waals surface area contributed by atoms with Crippen molar-refractivity contribution in [2.24, 2.45) is 0 Å². The van der Waals surface area contributed by atoms with E-state index in [9.17, 15) is 18.6 Å². The Morgan fingerprint density at radius 3 is 2.21 bits per heavy atom. The Balaban J connectivity index is 1.94. The second kappa shape index (κ2) is 10.5. The van der Waals surface area contributed by atoms with Crippen LogP contribution in [-0.2, 0) is 20.3 Å². The summed E-state index contributed by atoms with van der Waals surface area (Å²) in [4.78, 5) is 38.6. The molecule has 1 N–H and O–H groups in total. The van der Waals surface area contributed by atoms with Crippen LogP contribution in [0.2, 0.25) is 0 Å². The van der Waals surface area contributed by atoms with Gasteiger partial charge in [-0.15, -0.1) is 0 Å². The van der Waals surface area contributed by atoms with Crippen molar-refractivity contribution in [1.29, 1.82) is 0 Å². The Morgan fingerprint density at radius 1 is 1.00 bits per heavy atom. The van der Waals surface area contributed by atoms with Crippen LogP contribution in [0.4, 0.5) is 5.69 Å². The average Bonchev–Trinajstić information content (AvgIpc) is 2.73. The number of amides is 2. The minimum absolute atomic E-state index is 0.0752. The molecule has 0 unspecified atom stereocenters. The molecule has 2 aromatic rings. The smallest absolute Gasteiger partial charge is 0.339 e. The fourth-order valence-electron chi connectivity index (χ4n) is 2.68. The van der Waals surface area contributed by atoms with Gasteiger partial charge in [-0.25, -0.2) is 4.79 Å². The summed E-state index contributed by atoms with van der Waals surface area (Å²) in [7, 11) is -1.35. The molecule has 2 rings (SSSR count). The number of nitrogens with one attached hydrogen (secondary N) is 1. The first-order chi connectivity index (χ1) is 13.9. The third kappa shape index (κ3) is 5.99. The van der Waals surface area contributed by atoms with Gasteiger partial charge in [0, 0.05) is 30.6 Å². The van der Waals surface area contributed by atoms with Crippen molar-refractivity contribution in [1.82, 2.24) is 4.90 Å². The molecule has 7 nitrogen and oxygen atoms in total. The average molecular weight is 416 g/mol. The van der Waals surface area contributed by atoms with Crippen molar-refractivity contribution < 1.29 is 23.3 Å². The van der Waals surface area contributed by atoms with Crippen molar-refractivity contribution in [2.75, 3.05) is 31.3 Å². The predicted octanol–water partition coefficient (Wildman–Crippen LogP) is 2.70. The lowest BCUT2D eigenvalue weighted by atomic mass is 10.2. The molecule has 0 saturated heterocycles. The van der Waals surface area contributed by atoms with Crippen LogP contribution in [0.25, 0.3) is 0 Å². The SMILES string of the molecule is CCN(CC)C(=O)c1ccc(NC(=O)COC(=O)c2ccccc2[S@](C)=O)cc1. The quantitative estimate of drug-likeness (QED) is 0.668. The van der Waals surface area contributed by atoms with Gasteiger partial charge in [0.25, 0.3) is 11.8 Å². The monoisotopic (exact) mass is 416 g/mol. The van der Waals surface area contributed by atoms with Crippen molar-refractivity contribution in [3.05, 3.63) is 59.7 Å². The normalized spacial score (nSPS) is 11.4. The van der Waals surface area contributed by atoms with Gasteiger partial charge in [-0.1, -0.05) is 12.1 Å². The minimum Gasteiger partial charge on any atom is -0.452 e. The highest BCUT2D eigenvalue weighted by molar-refractivity contribution is 7.84. The fraction of sp³-hybridized carbons (Fsp3) is 0.286. The predicted molar refractivity (Wildman–Crippen MR) is 111 cm³/mol. The number of rotatable bonds is 8. The lowest BCUT2D eigenvalue weighted by molar-refractivity contribution is -0.119. The van der Waals surface area contributed by atoms with Crippen LogP contribution in [0.1, 0.15) is 34.6 Å². The molecule has 8 heteroatoms. The number of hydrogen-bond donors (Lipinski definition) is 1. The molecular formula is C21H24N2O5S. The number of carbonyl (C=O) groups excluding carboxylic acids is 3. The molecule has 1 atom stereocenters. The molecule has 0 spiro atoms. The first kappa shape index (κ1) is 22.3. The number of ether oxygens (including phenoxy) is 1. The van der Waals surface area contributed by atoms with Crippen LogP contribution in [0.15, 0.2) is 53.4 Å². The van der Waals surface area contributed by atoms with Gasteiger partial charge >= 0.3 is 5.97 Å². The van der Waals surface area contributed by atoms with E-state index in [2.05, 4.69) is 5.32 Å². The molecule has 0 aliphatic carbocycles.